The molecular weight excluding hydrogens is 418 g/mol. The fraction of sp³-hybridized carbons (Fsp3) is 0.333. The maximum atomic E-state index is 10.5. The Bertz CT molecular complexity index is 1300. The van der Waals surface area contributed by atoms with E-state index in [0.29, 0.717) is 11.3 Å². The second kappa shape index (κ2) is 9.47. The van der Waals surface area contributed by atoms with E-state index in [0.717, 1.165) is 12.1 Å². The first-order chi connectivity index (χ1) is 15.0. The maximum Gasteiger partial charge on any atom is 0.294 e. The molecule has 0 aliphatic heterocycles. The lowest BCUT2D eigenvalue weighted by Crippen LogP contribution is -2.24. The average molecular weight is 452 g/mol. The van der Waals surface area contributed by atoms with E-state index in [1.165, 1.54) is 40.2 Å². The minimum absolute atomic E-state index is 0.0666. The van der Waals surface area contributed by atoms with E-state index >= 15 is 0 Å². The number of aromatic nitrogens is 1. The molecule has 4 rings (SSSR count). The summed E-state index contributed by atoms with van der Waals surface area (Å²) in [6, 6.07) is 21.4. The van der Waals surface area contributed by atoms with Crippen LogP contribution >= 0.6 is 0 Å². The van der Waals surface area contributed by atoms with Gasteiger partial charge in [0.2, 0.25) is 0 Å². The first kappa shape index (κ1) is 24.0. The first-order valence-corrected chi connectivity index (χ1v) is 12.5. The number of hydrogen-bond acceptors (Lipinski definition) is 2. The highest BCUT2D eigenvalue weighted by Crippen LogP contribution is 2.33. The Morgan fingerprint density at radius 2 is 1.59 bits per heavy atom. The van der Waals surface area contributed by atoms with Crippen LogP contribution in [0.2, 0.25) is 0 Å². The third kappa shape index (κ3) is 5.40. The van der Waals surface area contributed by atoms with E-state index in [9.17, 15) is 8.42 Å². The fourth-order valence-electron chi connectivity index (χ4n) is 3.71. The number of fused-ring (bicyclic) bond motifs is 3. The van der Waals surface area contributed by atoms with Gasteiger partial charge in [0.25, 0.3) is 10.1 Å². The third-order valence-electron chi connectivity index (χ3n) is 6.71. The van der Waals surface area contributed by atoms with Gasteiger partial charge in [-0.1, -0.05) is 82.1 Å². The molecule has 3 aromatic carbocycles. The van der Waals surface area contributed by atoms with Crippen LogP contribution in [-0.2, 0) is 16.7 Å². The lowest BCUT2D eigenvalue weighted by atomic mass is 9.78. The van der Waals surface area contributed by atoms with Crippen molar-refractivity contribution in [3.05, 3.63) is 78.5 Å². The molecule has 0 aliphatic rings. The lowest BCUT2D eigenvalue weighted by molar-refractivity contribution is 0.199. The van der Waals surface area contributed by atoms with Gasteiger partial charge in [0.15, 0.2) is 0 Å². The molecular formula is C27H33NO3S. The highest BCUT2D eigenvalue weighted by atomic mass is 32.2. The van der Waals surface area contributed by atoms with Crippen molar-refractivity contribution < 1.29 is 13.0 Å². The van der Waals surface area contributed by atoms with Gasteiger partial charge in [-0.2, -0.15) is 8.42 Å². The minimum Gasteiger partial charge on any atom is -0.347 e. The van der Waals surface area contributed by atoms with Crippen molar-refractivity contribution >= 4 is 31.8 Å². The molecule has 170 valence electrons. The van der Waals surface area contributed by atoms with Crippen LogP contribution < -0.4 is 0 Å². The van der Waals surface area contributed by atoms with Gasteiger partial charge in [-0.05, 0) is 53.3 Å². The highest BCUT2D eigenvalue weighted by molar-refractivity contribution is 7.85. The molecule has 1 aromatic heterocycles. The second-order valence-corrected chi connectivity index (χ2v) is 10.6. The van der Waals surface area contributed by atoms with Crippen LogP contribution in [0.15, 0.2) is 77.8 Å². The molecule has 0 fully saturated rings. The molecule has 0 saturated carbocycles. The lowest BCUT2D eigenvalue weighted by Gasteiger charge is -2.31. The molecule has 5 heteroatoms. The number of rotatable bonds is 5. The van der Waals surface area contributed by atoms with Gasteiger partial charge < -0.3 is 4.57 Å². The Kier molecular flexibility index (Phi) is 7.11. The standard InChI is InChI=1S/C20H25N.C7H8O3S/c1-5-20(3,4)15(2)14-21-13-12-18-17-9-7-6-8-16(17)10-11-19(18)21;1-6-2-4-7(5-3-6)11(8,9)10/h6-13,15H,5,14H2,1-4H3;2-5H,1H3,(H,8,9,10). The molecule has 1 heterocycles. The van der Waals surface area contributed by atoms with Crippen molar-refractivity contribution in [2.24, 2.45) is 11.3 Å². The molecule has 0 aliphatic carbocycles. The molecule has 0 spiro atoms. The average Bonchev–Trinajstić information content (AvgIpc) is 3.17. The highest BCUT2D eigenvalue weighted by Gasteiger charge is 2.24. The van der Waals surface area contributed by atoms with Crippen molar-refractivity contribution in [2.45, 2.75) is 52.5 Å². The van der Waals surface area contributed by atoms with Crippen molar-refractivity contribution in [1.29, 1.82) is 0 Å². The second-order valence-electron chi connectivity index (χ2n) is 9.22. The third-order valence-corrected chi connectivity index (χ3v) is 7.58. The Morgan fingerprint density at radius 3 is 2.22 bits per heavy atom. The molecule has 4 nitrogen and oxygen atoms in total. The monoisotopic (exact) mass is 451 g/mol. The Labute approximate surface area is 191 Å². The normalized spacial score (nSPS) is 13.1. The van der Waals surface area contributed by atoms with Crippen LogP contribution in [0.25, 0.3) is 21.7 Å². The number of aryl methyl sites for hydroxylation is 1. The molecule has 32 heavy (non-hydrogen) atoms. The Morgan fingerprint density at radius 1 is 0.938 bits per heavy atom. The van der Waals surface area contributed by atoms with Gasteiger partial charge >= 0.3 is 0 Å². The van der Waals surface area contributed by atoms with Gasteiger partial charge in [-0.25, -0.2) is 0 Å². The number of hydrogen-bond donors (Lipinski definition) is 1. The summed E-state index contributed by atoms with van der Waals surface area (Å²) < 4.78 is 32.0. The topological polar surface area (TPSA) is 59.3 Å². The summed E-state index contributed by atoms with van der Waals surface area (Å²) in [5.41, 5.74) is 2.69. The van der Waals surface area contributed by atoms with Crippen LogP contribution in [0.4, 0.5) is 0 Å². The van der Waals surface area contributed by atoms with Crippen molar-refractivity contribution in [2.75, 3.05) is 0 Å². The maximum absolute atomic E-state index is 10.5. The Balaban J connectivity index is 0.000000222. The summed E-state index contributed by atoms with van der Waals surface area (Å²) in [5, 5.41) is 4.05. The summed E-state index contributed by atoms with van der Waals surface area (Å²) in [5.74, 6) is 0.657. The van der Waals surface area contributed by atoms with Gasteiger partial charge in [-0.15, -0.1) is 0 Å². The number of benzene rings is 3. The largest absolute Gasteiger partial charge is 0.347 e. The van der Waals surface area contributed by atoms with E-state index in [2.05, 4.69) is 80.9 Å². The summed E-state index contributed by atoms with van der Waals surface area (Å²) in [6.07, 6.45) is 3.47. The minimum atomic E-state index is -4.02. The molecule has 1 N–H and O–H groups in total. The smallest absolute Gasteiger partial charge is 0.294 e. The van der Waals surface area contributed by atoms with Gasteiger partial charge in [0.1, 0.15) is 0 Å². The predicted molar refractivity (Wildman–Crippen MR) is 134 cm³/mol. The molecule has 0 saturated heterocycles. The van der Waals surface area contributed by atoms with E-state index in [4.69, 9.17) is 4.55 Å². The fourth-order valence-corrected chi connectivity index (χ4v) is 4.19. The molecule has 4 aromatic rings. The first-order valence-electron chi connectivity index (χ1n) is 11.0. The zero-order valence-corrected chi connectivity index (χ0v) is 20.4. The van der Waals surface area contributed by atoms with Crippen LogP contribution in [0.1, 0.15) is 39.7 Å². The molecule has 0 bridgehead atoms. The predicted octanol–water partition coefficient (Wildman–Crippen LogP) is 7.11. The molecule has 0 amide bonds. The van der Waals surface area contributed by atoms with Crippen molar-refractivity contribution in [3.63, 3.8) is 0 Å². The van der Waals surface area contributed by atoms with Crippen LogP contribution in [0.5, 0.6) is 0 Å². The van der Waals surface area contributed by atoms with E-state index < -0.39 is 10.1 Å². The van der Waals surface area contributed by atoms with E-state index in [1.807, 2.05) is 6.92 Å². The molecule has 1 unspecified atom stereocenters. The van der Waals surface area contributed by atoms with E-state index in [1.54, 1.807) is 12.1 Å². The van der Waals surface area contributed by atoms with Crippen LogP contribution in [0.3, 0.4) is 0 Å². The van der Waals surface area contributed by atoms with Crippen LogP contribution in [-0.4, -0.2) is 17.5 Å². The Hall–Kier alpha value is -2.63. The van der Waals surface area contributed by atoms with Crippen molar-refractivity contribution in [3.8, 4) is 0 Å². The van der Waals surface area contributed by atoms with Gasteiger partial charge in [0, 0.05) is 23.6 Å². The summed E-state index contributed by atoms with van der Waals surface area (Å²) >= 11 is 0. The summed E-state index contributed by atoms with van der Waals surface area (Å²) in [6.45, 7) is 12.3. The van der Waals surface area contributed by atoms with Gasteiger partial charge in [0.05, 0.1) is 4.90 Å². The SMILES string of the molecule is CCC(C)(C)C(C)Cn1ccc2c3ccccc3ccc21.Cc1ccc(S(=O)(=O)O)cc1. The summed E-state index contributed by atoms with van der Waals surface area (Å²) in [7, 11) is -4.02. The quantitative estimate of drug-likeness (QED) is 0.329. The number of nitrogens with zero attached hydrogens (tertiary/aromatic N) is 1. The summed E-state index contributed by atoms with van der Waals surface area (Å²) in [4.78, 5) is -0.0666. The van der Waals surface area contributed by atoms with Crippen LogP contribution in [0, 0.1) is 18.3 Å². The van der Waals surface area contributed by atoms with E-state index in [-0.39, 0.29) is 4.90 Å². The molecule has 0 radical (unpaired) electrons. The van der Waals surface area contributed by atoms with Gasteiger partial charge in [-0.3, -0.25) is 4.55 Å². The van der Waals surface area contributed by atoms with Crippen molar-refractivity contribution in [1.82, 2.24) is 4.57 Å². The molecule has 1 atom stereocenters. The zero-order valence-electron chi connectivity index (χ0n) is 19.5. The zero-order chi connectivity index (χ0) is 23.5.